The zero-order valence-electron chi connectivity index (χ0n) is 10.3. The molecule has 0 saturated heterocycles. The fourth-order valence-electron chi connectivity index (χ4n) is 1.90. The Hall–Kier alpha value is -1.48. The number of rotatable bonds is 3. The van der Waals surface area contributed by atoms with Gasteiger partial charge in [-0.3, -0.25) is 0 Å². The topological polar surface area (TPSA) is 0 Å². The summed E-state index contributed by atoms with van der Waals surface area (Å²) in [5, 5.41) is -0.621. The highest BCUT2D eigenvalue weighted by molar-refractivity contribution is 6.20. The summed E-state index contributed by atoms with van der Waals surface area (Å²) in [5.74, 6) is -2.19. The van der Waals surface area contributed by atoms with Crippen molar-refractivity contribution in [1.82, 2.24) is 0 Å². The lowest BCUT2D eigenvalue weighted by Gasteiger charge is -2.12. The number of hydrogen-bond acceptors (Lipinski definition) is 0. The van der Waals surface area contributed by atoms with E-state index in [2.05, 4.69) is 0 Å². The molecular formula is C15H12ClF3. The van der Waals surface area contributed by atoms with Crippen molar-refractivity contribution in [2.45, 2.75) is 18.7 Å². The van der Waals surface area contributed by atoms with Crippen molar-refractivity contribution in [3.05, 3.63) is 70.5 Å². The number of aryl methyl sites for hydroxylation is 1. The molecule has 1 unspecified atom stereocenters. The zero-order valence-corrected chi connectivity index (χ0v) is 11.0. The van der Waals surface area contributed by atoms with Gasteiger partial charge in [-0.1, -0.05) is 24.3 Å². The van der Waals surface area contributed by atoms with Crippen LogP contribution in [0, 0.1) is 24.4 Å². The first-order valence-electron chi connectivity index (χ1n) is 5.82. The van der Waals surface area contributed by atoms with Gasteiger partial charge in [0.25, 0.3) is 0 Å². The summed E-state index contributed by atoms with van der Waals surface area (Å²) in [6, 6.07) is 8.54. The van der Waals surface area contributed by atoms with Gasteiger partial charge in [0.1, 0.15) is 5.82 Å². The van der Waals surface area contributed by atoms with Crippen molar-refractivity contribution in [2.24, 2.45) is 0 Å². The minimum atomic E-state index is -0.925. The minimum Gasteiger partial charge on any atom is -0.206 e. The molecule has 0 saturated carbocycles. The molecule has 19 heavy (non-hydrogen) atoms. The quantitative estimate of drug-likeness (QED) is 0.701. The van der Waals surface area contributed by atoms with E-state index < -0.39 is 17.0 Å². The van der Waals surface area contributed by atoms with Gasteiger partial charge in [-0.15, -0.1) is 11.6 Å². The second-order valence-corrected chi connectivity index (χ2v) is 4.93. The standard InChI is InChI=1S/C15H12ClF3/c1-9-3-2-4-11(15(9)19)12(16)7-10-5-6-13(17)14(18)8-10/h2-6,8,12H,7H2,1H3. The Bertz CT molecular complexity index is 596. The second kappa shape index (κ2) is 5.66. The Labute approximate surface area is 114 Å². The third-order valence-electron chi connectivity index (χ3n) is 2.96. The lowest BCUT2D eigenvalue weighted by molar-refractivity contribution is 0.507. The average molecular weight is 285 g/mol. The van der Waals surface area contributed by atoms with Crippen LogP contribution >= 0.6 is 11.6 Å². The van der Waals surface area contributed by atoms with Gasteiger partial charge in [-0.05, 0) is 36.6 Å². The third kappa shape index (κ3) is 3.10. The summed E-state index contributed by atoms with van der Waals surface area (Å²) in [4.78, 5) is 0. The summed E-state index contributed by atoms with van der Waals surface area (Å²) >= 11 is 6.15. The molecule has 100 valence electrons. The second-order valence-electron chi connectivity index (χ2n) is 4.40. The van der Waals surface area contributed by atoms with Crippen LogP contribution in [0.4, 0.5) is 13.2 Å². The minimum absolute atomic E-state index is 0.235. The number of benzene rings is 2. The number of alkyl halides is 1. The van der Waals surface area contributed by atoms with Crippen LogP contribution in [0.3, 0.4) is 0 Å². The fourth-order valence-corrected chi connectivity index (χ4v) is 2.24. The van der Waals surface area contributed by atoms with E-state index in [9.17, 15) is 13.2 Å². The monoisotopic (exact) mass is 284 g/mol. The first-order chi connectivity index (χ1) is 8.99. The molecule has 0 bridgehead atoms. The Kier molecular flexibility index (Phi) is 4.15. The van der Waals surface area contributed by atoms with Crippen molar-refractivity contribution in [3.63, 3.8) is 0 Å². The van der Waals surface area contributed by atoms with Gasteiger partial charge in [0, 0.05) is 5.56 Å². The smallest absolute Gasteiger partial charge is 0.159 e. The molecule has 0 radical (unpaired) electrons. The number of halogens is 4. The van der Waals surface area contributed by atoms with Crippen molar-refractivity contribution in [1.29, 1.82) is 0 Å². The van der Waals surface area contributed by atoms with Crippen LogP contribution in [0.15, 0.2) is 36.4 Å². The Balaban J connectivity index is 2.23. The molecule has 2 aromatic rings. The molecule has 0 nitrogen and oxygen atoms in total. The van der Waals surface area contributed by atoms with E-state index in [1.807, 2.05) is 0 Å². The molecule has 0 amide bonds. The molecule has 4 heteroatoms. The lowest BCUT2D eigenvalue weighted by Crippen LogP contribution is -2.01. The maximum Gasteiger partial charge on any atom is 0.159 e. The molecule has 0 spiro atoms. The van der Waals surface area contributed by atoms with Crippen LogP contribution in [0.1, 0.15) is 22.1 Å². The summed E-state index contributed by atoms with van der Waals surface area (Å²) in [6.45, 7) is 1.65. The van der Waals surface area contributed by atoms with E-state index in [1.165, 1.54) is 6.07 Å². The predicted molar refractivity (Wildman–Crippen MR) is 69.8 cm³/mol. The van der Waals surface area contributed by atoms with Gasteiger partial charge in [0.15, 0.2) is 11.6 Å². The molecular weight excluding hydrogens is 273 g/mol. The van der Waals surface area contributed by atoms with Gasteiger partial charge in [0.2, 0.25) is 0 Å². The van der Waals surface area contributed by atoms with Crippen molar-refractivity contribution >= 4 is 11.6 Å². The predicted octanol–water partition coefficient (Wildman–Crippen LogP) is 4.93. The van der Waals surface area contributed by atoms with Crippen LogP contribution in [0.2, 0.25) is 0 Å². The fraction of sp³-hybridized carbons (Fsp3) is 0.200. The summed E-state index contributed by atoms with van der Waals surface area (Å²) in [7, 11) is 0. The lowest BCUT2D eigenvalue weighted by atomic mass is 10.0. The summed E-state index contributed by atoms with van der Waals surface area (Å²) in [6.07, 6.45) is 0.235. The molecule has 0 aliphatic carbocycles. The van der Waals surface area contributed by atoms with Gasteiger partial charge in [-0.2, -0.15) is 0 Å². The average Bonchev–Trinajstić information content (AvgIpc) is 2.37. The molecule has 0 fully saturated rings. The highest BCUT2D eigenvalue weighted by Gasteiger charge is 2.15. The SMILES string of the molecule is Cc1cccc(C(Cl)Cc2ccc(F)c(F)c2)c1F. The number of hydrogen-bond donors (Lipinski definition) is 0. The summed E-state index contributed by atoms with van der Waals surface area (Å²) in [5.41, 5.74) is 1.40. The highest BCUT2D eigenvalue weighted by atomic mass is 35.5. The normalized spacial score (nSPS) is 12.5. The first-order valence-corrected chi connectivity index (χ1v) is 6.25. The van der Waals surface area contributed by atoms with Crippen LogP contribution < -0.4 is 0 Å². The van der Waals surface area contributed by atoms with E-state index >= 15 is 0 Å². The van der Waals surface area contributed by atoms with E-state index in [0.717, 1.165) is 12.1 Å². The molecule has 2 rings (SSSR count). The Morgan fingerprint density at radius 3 is 2.47 bits per heavy atom. The maximum absolute atomic E-state index is 13.9. The molecule has 2 aromatic carbocycles. The first kappa shape index (κ1) is 13.9. The van der Waals surface area contributed by atoms with Gasteiger partial charge < -0.3 is 0 Å². The molecule has 0 aliphatic heterocycles. The van der Waals surface area contributed by atoms with E-state index in [-0.39, 0.29) is 12.2 Å². The molecule has 0 aromatic heterocycles. The van der Waals surface area contributed by atoms with Crippen molar-refractivity contribution < 1.29 is 13.2 Å². The van der Waals surface area contributed by atoms with Crippen LogP contribution in [-0.4, -0.2) is 0 Å². The van der Waals surface area contributed by atoms with Crippen molar-refractivity contribution in [2.75, 3.05) is 0 Å². The zero-order chi connectivity index (χ0) is 14.0. The van der Waals surface area contributed by atoms with Gasteiger partial charge >= 0.3 is 0 Å². The Morgan fingerprint density at radius 1 is 1.05 bits per heavy atom. The maximum atomic E-state index is 13.9. The molecule has 0 N–H and O–H groups in total. The van der Waals surface area contributed by atoms with Gasteiger partial charge in [0.05, 0.1) is 5.38 Å². The largest absolute Gasteiger partial charge is 0.206 e. The van der Waals surface area contributed by atoms with E-state index in [1.54, 1.807) is 25.1 Å². The molecule has 1 atom stereocenters. The molecule has 0 heterocycles. The summed E-state index contributed by atoms with van der Waals surface area (Å²) < 4.78 is 39.8. The van der Waals surface area contributed by atoms with Gasteiger partial charge in [-0.25, -0.2) is 13.2 Å². The third-order valence-corrected chi connectivity index (χ3v) is 3.35. The van der Waals surface area contributed by atoms with Crippen LogP contribution in [-0.2, 0) is 6.42 Å². The van der Waals surface area contributed by atoms with E-state index in [4.69, 9.17) is 11.6 Å². The Morgan fingerprint density at radius 2 is 1.79 bits per heavy atom. The van der Waals surface area contributed by atoms with E-state index in [0.29, 0.717) is 16.7 Å². The van der Waals surface area contributed by atoms with Crippen LogP contribution in [0.5, 0.6) is 0 Å². The van der Waals surface area contributed by atoms with Crippen LogP contribution in [0.25, 0.3) is 0 Å². The van der Waals surface area contributed by atoms with Crippen molar-refractivity contribution in [3.8, 4) is 0 Å². The molecule has 0 aliphatic rings. The highest BCUT2D eigenvalue weighted by Crippen LogP contribution is 2.28.